The largest absolute Gasteiger partial charge is 0.508 e. The smallest absolute Gasteiger partial charge is 0.178 e. The van der Waals surface area contributed by atoms with Gasteiger partial charge in [-0.15, -0.1) is 0 Å². The first-order valence-electron chi connectivity index (χ1n) is 4.57. The maximum Gasteiger partial charge on any atom is 0.178 e. The Morgan fingerprint density at radius 3 is 3.00 bits per heavy atom. The quantitative estimate of drug-likeness (QED) is 0.895. The summed E-state index contributed by atoms with van der Waals surface area (Å²) >= 11 is 3.41. The fourth-order valence-electron chi connectivity index (χ4n) is 1.53. The molecular formula is C10H11BrN2O. The first kappa shape index (κ1) is 9.52. The molecule has 14 heavy (non-hydrogen) atoms. The Morgan fingerprint density at radius 1 is 1.50 bits per heavy atom. The molecule has 0 saturated heterocycles. The molecule has 0 bridgehead atoms. The standard InChI is InChI=1S/C10H11BrN2O/c1-2-5-13-9-4-3-7(14)6-8(9)12-10(13)11/h3-4,6,14H,2,5H2,1H3. The second kappa shape index (κ2) is 3.61. The monoisotopic (exact) mass is 254 g/mol. The van der Waals surface area contributed by atoms with Gasteiger partial charge in [-0.3, -0.25) is 0 Å². The van der Waals surface area contributed by atoms with Crippen molar-refractivity contribution in [3.63, 3.8) is 0 Å². The summed E-state index contributed by atoms with van der Waals surface area (Å²) in [5, 5.41) is 9.30. The van der Waals surface area contributed by atoms with Crippen LogP contribution in [0.25, 0.3) is 11.0 Å². The van der Waals surface area contributed by atoms with Gasteiger partial charge in [0.2, 0.25) is 0 Å². The van der Waals surface area contributed by atoms with E-state index in [1.54, 1.807) is 12.1 Å². The van der Waals surface area contributed by atoms with E-state index in [4.69, 9.17) is 0 Å². The third-order valence-electron chi connectivity index (χ3n) is 2.13. The van der Waals surface area contributed by atoms with Crippen molar-refractivity contribution in [3.05, 3.63) is 22.9 Å². The van der Waals surface area contributed by atoms with Crippen LogP contribution in [-0.4, -0.2) is 14.7 Å². The normalized spacial score (nSPS) is 11.0. The Bertz CT molecular complexity index is 464. The average molecular weight is 255 g/mol. The maximum atomic E-state index is 9.30. The van der Waals surface area contributed by atoms with Gasteiger partial charge in [-0.2, -0.15) is 0 Å². The Kier molecular flexibility index (Phi) is 2.46. The summed E-state index contributed by atoms with van der Waals surface area (Å²) in [6.07, 6.45) is 1.06. The van der Waals surface area contributed by atoms with E-state index in [0.717, 1.165) is 28.7 Å². The van der Waals surface area contributed by atoms with E-state index in [1.807, 2.05) is 6.07 Å². The van der Waals surface area contributed by atoms with Gasteiger partial charge in [0.1, 0.15) is 5.75 Å². The van der Waals surface area contributed by atoms with E-state index in [0.29, 0.717) is 0 Å². The van der Waals surface area contributed by atoms with Crippen molar-refractivity contribution in [3.8, 4) is 5.75 Å². The summed E-state index contributed by atoms with van der Waals surface area (Å²) in [5.74, 6) is 0.256. The van der Waals surface area contributed by atoms with Crippen LogP contribution in [0.3, 0.4) is 0 Å². The number of hydrogen-bond donors (Lipinski definition) is 1. The summed E-state index contributed by atoms with van der Waals surface area (Å²) in [6.45, 7) is 3.06. The van der Waals surface area contributed by atoms with Gasteiger partial charge in [0.05, 0.1) is 11.0 Å². The van der Waals surface area contributed by atoms with E-state index in [9.17, 15) is 5.11 Å². The molecule has 0 spiro atoms. The van der Waals surface area contributed by atoms with E-state index < -0.39 is 0 Å². The molecule has 74 valence electrons. The minimum Gasteiger partial charge on any atom is -0.508 e. The zero-order valence-electron chi connectivity index (χ0n) is 7.87. The number of aromatic hydroxyl groups is 1. The van der Waals surface area contributed by atoms with Gasteiger partial charge in [-0.05, 0) is 34.5 Å². The molecule has 0 amide bonds. The predicted molar refractivity (Wildman–Crippen MR) is 59.4 cm³/mol. The SMILES string of the molecule is CCCn1c(Br)nc2cc(O)ccc21. The zero-order chi connectivity index (χ0) is 10.1. The lowest BCUT2D eigenvalue weighted by Crippen LogP contribution is -1.96. The van der Waals surface area contributed by atoms with Crippen molar-refractivity contribution < 1.29 is 5.11 Å². The zero-order valence-corrected chi connectivity index (χ0v) is 9.45. The molecular weight excluding hydrogens is 244 g/mol. The molecule has 2 aromatic rings. The minimum absolute atomic E-state index is 0.256. The van der Waals surface area contributed by atoms with Crippen LogP contribution in [0.5, 0.6) is 5.75 Å². The minimum atomic E-state index is 0.256. The molecule has 2 rings (SSSR count). The van der Waals surface area contributed by atoms with Gasteiger partial charge >= 0.3 is 0 Å². The molecule has 0 aliphatic carbocycles. The van der Waals surface area contributed by atoms with Gasteiger partial charge in [0.25, 0.3) is 0 Å². The van der Waals surface area contributed by atoms with Crippen LogP contribution in [0, 0.1) is 0 Å². The highest BCUT2D eigenvalue weighted by atomic mass is 79.9. The Morgan fingerprint density at radius 2 is 2.29 bits per heavy atom. The molecule has 0 aliphatic rings. The van der Waals surface area contributed by atoms with Gasteiger partial charge in [-0.25, -0.2) is 4.98 Å². The summed E-state index contributed by atoms with van der Waals surface area (Å²) in [7, 11) is 0. The summed E-state index contributed by atoms with van der Waals surface area (Å²) in [4.78, 5) is 4.31. The molecule has 0 saturated carbocycles. The topological polar surface area (TPSA) is 38.0 Å². The van der Waals surface area contributed by atoms with Gasteiger partial charge in [0, 0.05) is 12.6 Å². The third kappa shape index (κ3) is 1.50. The van der Waals surface area contributed by atoms with Crippen LogP contribution >= 0.6 is 15.9 Å². The van der Waals surface area contributed by atoms with Crippen molar-refractivity contribution in [2.45, 2.75) is 19.9 Å². The molecule has 1 aromatic heterocycles. The molecule has 0 unspecified atom stereocenters. The number of imidazole rings is 1. The van der Waals surface area contributed by atoms with Crippen LogP contribution in [0.15, 0.2) is 22.9 Å². The lowest BCUT2D eigenvalue weighted by Gasteiger charge is -2.02. The molecule has 0 atom stereocenters. The second-order valence-corrected chi connectivity index (χ2v) is 3.91. The number of fused-ring (bicyclic) bond motifs is 1. The first-order chi connectivity index (χ1) is 6.72. The van der Waals surface area contributed by atoms with E-state index in [2.05, 4.69) is 32.4 Å². The molecule has 4 heteroatoms. The first-order valence-corrected chi connectivity index (χ1v) is 5.36. The number of aryl methyl sites for hydroxylation is 1. The van der Waals surface area contributed by atoms with Crippen LogP contribution in [0.2, 0.25) is 0 Å². The average Bonchev–Trinajstić information content (AvgIpc) is 2.43. The van der Waals surface area contributed by atoms with Gasteiger partial charge in [-0.1, -0.05) is 6.92 Å². The van der Waals surface area contributed by atoms with Crippen LogP contribution in [0.1, 0.15) is 13.3 Å². The summed E-state index contributed by atoms with van der Waals surface area (Å²) < 4.78 is 2.91. The molecule has 1 aromatic carbocycles. The summed E-state index contributed by atoms with van der Waals surface area (Å²) in [5.41, 5.74) is 1.88. The Labute approximate surface area is 90.5 Å². The van der Waals surface area contributed by atoms with Gasteiger partial charge < -0.3 is 9.67 Å². The highest BCUT2D eigenvalue weighted by Crippen LogP contribution is 2.23. The lowest BCUT2D eigenvalue weighted by molar-refractivity contribution is 0.476. The highest BCUT2D eigenvalue weighted by Gasteiger charge is 2.07. The molecule has 0 aliphatic heterocycles. The Hall–Kier alpha value is -1.03. The number of rotatable bonds is 2. The summed E-state index contributed by atoms with van der Waals surface area (Å²) in [6, 6.07) is 5.24. The van der Waals surface area contributed by atoms with Crippen LogP contribution < -0.4 is 0 Å². The van der Waals surface area contributed by atoms with E-state index in [-0.39, 0.29) is 5.75 Å². The number of phenols is 1. The number of aromatic nitrogens is 2. The van der Waals surface area contributed by atoms with Gasteiger partial charge in [0.15, 0.2) is 4.73 Å². The molecule has 3 nitrogen and oxygen atoms in total. The van der Waals surface area contributed by atoms with Crippen molar-refractivity contribution in [1.82, 2.24) is 9.55 Å². The van der Waals surface area contributed by atoms with Crippen molar-refractivity contribution in [2.75, 3.05) is 0 Å². The number of halogens is 1. The van der Waals surface area contributed by atoms with Crippen LogP contribution in [-0.2, 0) is 6.54 Å². The number of nitrogens with zero attached hydrogens (tertiary/aromatic N) is 2. The third-order valence-corrected chi connectivity index (χ3v) is 2.74. The van der Waals surface area contributed by atoms with Crippen LogP contribution in [0.4, 0.5) is 0 Å². The van der Waals surface area contributed by atoms with E-state index >= 15 is 0 Å². The van der Waals surface area contributed by atoms with Crippen molar-refractivity contribution >= 4 is 27.0 Å². The molecule has 0 radical (unpaired) electrons. The van der Waals surface area contributed by atoms with E-state index in [1.165, 1.54) is 0 Å². The van der Waals surface area contributed by atoms with Crippen molar-refractivity contribution in [1.29, 1.82) is 0 Å². The van der Waals surface area contributed by atoms with Crippen molar-refractivity contribution in [2.24, 2.45) is 0 Å². The molecule has 1 N–H and O–H groups in total. The highest BCUT2D eigenvalue weighted by molar-refractivity contribution is 9.10. The number of phenolic OH excluding ortho intramolecular Hbond substituents is 1. The fraction of sp³-hybridized carbons (Fsp3) is 0.300. The predicted octanol–water partition coefficient (Wildman–Crippen LogP) is 2.91. The molecule has 1 heterocycles. The Balaban J connectivity index is 2.64. The molecule has 0 fully saturated rings. The second-order valence-electron chi connectivity index (χ2n) is 3.21. The number of benzene rings is 1. The number of hydrogen-bond acceptors (Lipinski definition) is 2. The lowest BCUT2D eigenvalue weighted by atomic mass is 10.3. The fourth-order valence-corrected chi connectivity index (χ4v) is 2.08. The maximum absolute atomic E-state index is 9.30.